The predicted octanol–water partition coefficient (Wildman–Crippen LogP) is 3.23. The number of nitrogens with two attached hydrogens (primary N) is 2. The van der Waals surface area contributed by atoms with Gasteiger partial charge in [-0.1, -0.05) is 32.6 Å². The summed E-state index contributed by atoms with van der Waals surface area (Å²) >= 11 is 0.752. The highest BCUT2D eigenvalue weighted by Gasteiger charge is 2.35. The lowest BCUT2D eigenvalue weighted by atomic mass is 10.0. The monoisotopic (exact) mass is 461 g/mol. The fraction of sp³-hybridized carbons (Fsp3) is 0.455. The number of nitrogen functional groups attached to an aromatic ring is 1. The molecular formula is C22H28FN5O3S. The van der Waals surface area contributed by atoms with E-state index in [0.717, 1.165) is 43.6 Å². The Bertz CT molecular complexity index is 972. The highest BCUT2D eigenvalue weighted by atomic mass is 32.1. The Morgan fingerprint density at radius 1 is 1.25 bits per heavy atom. The van der Waals surface area contributed by atoms with Crippen LogP contribution >= 0.6 is 11.5 Å². The van der Waals surface area contributed by atoms with Gasteiger partial charge in [-0.2, -0.15) is 4.37 Å². The van der Waals surface area contributed by atoms with E-state index < -0.39 is 23.7 Å². The van der Waals surface area contributed by atoms with Gasteiger partial charge in [-0.05, 0) is 55.1 Å². The first-order valence-electron chi connectivity index (χ1n) is 10.8. The topological polar surface area (TPSA) is 131 Å². The van der Waals surface area contributed by atoms with Crippen molar-refractivity contribution in [2.45, 2.75) is 64.0 Å². The van der Waals surface area contributed by atoms with Crippen LogP contribution in [0.5, 0.6) is 0 Å². The molecule has 0 unspecified atom stereocenters. The zero-order valence-corrected chi connectivity index (χ0v) is 18.8. The number of nitrogens with zero attached hydrogens (tertiary/aromatic N) is 2. The molecule has 3 amide bonds. The average molecular weight is 462 g/mol. The normalized spacial score (nSPS) is 14.8. The second-order valence-corrected chi connectivity index (χ2v) is 8.71. The summed E-state index contributed by atoms with van der Waals surface area (Å²) in [4.78, 5) is 39.9. The minimum atomic E-state index is -0.840. The van der Waals surface area contributed by atoms with Crippen LogP contribution in [0.4, 0.5) is 15.8 Å². The summed E-state index contributed by atoms with van der Waals surface area (Å²) in [5, 5.41) is 3.07. The Labute approximate surface area is 190 Å². The number of unbranched alkanes of at least 4 members (excludes halogenated alkanes) is 1. The van der Waals surface area contributed by atoms with Crippen LogP contribution in [0.25, 0.3) is 0 Å². The van der Waals surface area contributed by atoms with E-state index in [1.54, 1.807) is 0 Å². The van der Waals surface area contributed by atoms with Gasteiger partial charge < -0.3 is 16.8 Å². The maximum absolute atomic E-state index is 13.6. The van der Waals surface area contributed by atoms with Gasteiger partial charge >= 0.3 is 0 Å². The second kappa shape index (κ2) is 10.5. The molecule has 1 aromatic heterocycles. The smallest absolute Gasteiger partial charge is 0.272 e. The standard InChI is InChI=1S/C22H28FN5O3S/c1-2-3-8-16(21(30)26-14-6-4-5-7-14)28(15-11-9-13(23)10-12-15)22(31)19-17(24)18(20(25)29)27-32-19/h9-12,14,16H,2-8,24H2,1H3,(H2,25,29)(H,26,30)/t16-/m0/s1. The molecule has 1 aromatic carbocycles. The Morgan fingerprint density at radius 3 is 2.47 bits per heavy atom. The SMILES string of the molecule is CCCC[C@@H](C(=O)NC1CCCC1)N(C(=O)c1snc(C(N)=O)c1N)c1ccc(F)cc1. The van der Waals surface area contributed by atoms with Crippen molar-refractivity contribution >= 4 is 40.6 Å². The van der Waals surface area contributed by atoms with Crippen LogP contribution in [0, 0.1) is 5.82 Å². The van der Waals surface area contributed by atoms with Crippen molar-refractivity contribution in [2.24, 2.45) is 5.73 Å². The Balaban J connectivity index is 2.02. The molecule has 10 heteroatoms. The van der Waals surface area contributed by atoms with Crippen LogP contribution in [0.15, 0.2) is 24.3 Å². The molecule has 0 radical (unpaired) electrons. The van der Waals surface area contributed by atoms with Gasteiger partial charge in [0.1, 0.15) is 16.7 Å². The van der Waals surface area contributed by atoms with Crippen LogP contribution in [0.3, 0.4) is 0 Å². The summed E-state index contributed by atoms with van der Waals surface area (Å²) < 4.78 is 17.5. The number of halogens is 1. The molecule has 0 saturated heterocycles. The molecule has 1 aliphatic carbocycles. The molecule has 1 saturated carbocycles. The maximum Gasteiger partial charge on any atom is 0.272 e. The van der Waals surface area contributed by atoms with Gasteiger partial charge in [-0.25, -0.2) is 4.39 Å². The van der Waals surface area contributed by atoms with Gasteiger partial charge in [0.05, 0.1) is 5.69 Å². The molecule has 5 N–H and O–H groups in total. The molecular weight excluding hydrogens is 433 g/mol. The number of primary amides is 1. The van der Waals surface area contributed by atoms with E-state index in [9.17, 15) is 18.8 Å². The molecule has 1 heterocycles. The summed E-state index contributed by atoms with van der Waals surface area (Å²) in [5.74, 6) is -2.15. The number of hydrogen-bond acceptors (Lipinski definition) is 6. The van der Waals surface area contributed by atoms with Gasteiger partial charge in [-0.15, -0.1) is 0 Å². The van der Waals surface area contributed by atoms with E-state index in [-0.39, 0.29) is 28.2 Å². The Morgan fingerprint density at radius 2 is 1.91 bits per heavy atom. The molecule has 0 bridgehead atoms. The Kier molecular flexibility index (Phi) is 7.79. The van der Waals surface area contributed by atoms with E-state index in [4.69, 9.17) is 11.5 Å². The molecule has 3 rings (SSSR count). The zero-order chi connectivity index (χ0) is 23.3. The first-order valence-corrected chi connectivity index (χ1v) is 11.5. The largest absolute Gasteiger partial charge is 0.395 e. The first kappa shape index (κ1) is 23.6. The van der Waals surface area contributed by atoms with E-state index >= 15 is 0 Å². The number of carbonyl (C=O) groups is 3. The van der Waals surface area contributed by atoms with Gasteiger partial charge in [0, 0.05) is 11.7 Å². The highest BCUT2D eigenvalue weighted by molar-refractivity contribution is 7.09. The third-order valence-corrected chi connectivity index (χ3v) is 6.48. The van der Waals surface area contributed by atoms with E-state index in [2.05, 4.69) is 9.69 Å². The summed E-state index contributed by atoms with van der Waals surface area (Å²) in [6.07, 6.45) is 5.86. The van der Waals surface area contributed by atoms with Crippen molar-refractivity contribution in [1.29, 1.82) is 0 Å². The van der Waals surface area contributed by atoms with Gasteiger partial charge in [0.15, 0.2) is 5.69 Å². The predicted molar refractivity (Wildman–Crippen MR) is 122 cm³/mol. The molecule has 2 aromatic rings. The first-order chi connectivity index (χ1) is 15.3. The van der Waals surface area contributed by atoms with Crippen molar-refractivity contribution in [3.8, 4) is 0 Å². The molecule has 32 heavy (non-hydrogen) atoms. The minimum absolute atomic E-state index is 0.0123. The quantitative estimate of drug-likeness (QED) is 0.528. The molecule has 172 valence electrons. The summed E-state index contributed by atoms with van der Waals surface area (Å²) in [6, 6.07) is 4.60. The van der Waals surface area contributed by atoms with Crippen LogP contribution in [-0.4, -0.2) is 34.2 Å². The summed E-state index contributed by atoms with van der Waals surface area (Å²) in [7, 11) is 0. The second-order valence-electron chi connectivity index (χ2n) is 7.94. The van der Waals surface area contributed by atoms with Crippen molar-refractivity contribution in [2.75, 3.05) is 10.6 Å². The van der Waals surface area contributed by atoms with Crippen LogP contribution in [-0.2, 0) is 4.79 Å². The van der Waals surface area contributed by atoms with Crippen molar-refractivity contribution in [3.63, 3.8) is 0 Å². The number of aromatic nitrogens is 1. The van der Waals surface area contributed by atoms with E-state index in [1.807, 2.05) is 6.92 Å². The molecule has 1 atom stereocenters. The van der Waals surface area contributed by atoms with Crippen molar-refractivity contribution in [1.82, 2.24) is 9.69 Å². The molecule has 8 nitrogen and oxygen atoms in total. The fourth-order valence-corrected chi connectivity index (χ4v) is 4.66. The number of nitrogens with one attached hydrogen (secondary N) is 1. The fourth-order valence-electron chi connectivity index (χ4n) is 3.92. The van der Waals surface area contributed by atoms with Crippen LogP contribution in [0.1, 0.15) is 72.0 Å². The summed E-state index contributed by atoms with van der Waals surface area (Å²) in [6.45, 7) is 2.00. The summed E-state index contributed by atoms with van der Waals surface area (Å²) in [5.41, 5.74) is 11.3. The van der Waals surface area contributed by atoms with E-state index in [1.165, 1.54) is 29.2 Å². The lowest BCUT2D eigenvalue weighted by Gasteiger charge is -2.32. The average Bonchev–Trinajstić information content (AvgIpc) is 3.41. The van der Waals surface area contributed by atoms with Gasteiger partial charge in [-0.3, -0.25) is 19.3 Å². The lowest BCUT2D eigenvalue weighted by molar-refractivity contribution is -0.123. The number of rotatable bonds is 9. The Hall–Kier alpha value is -3.01. The molecule has 1 fully saturated rings. The third kappa shape index (κ3) is 5.24. The highest BCUT2D eigenvalue weighted by Crippen LogP contribution is 2.29. The lowest BCUT2D eigenvalue weighted by Crippen LogP contribution is -2.51. The number of amides is 3. The molecule has 0 spiro atoms. The molecule has 1 aliphatic rings. The molecule has 0 aliphatic heterocycles. The number of hydrogen-bond donors (Lipinski definition) is 3. The van der Waals surface area contributed by atoms with Crippen LogP contribution < -0.4 is 21.7 Å². The van der Waals surface area contributed by atoms with Gasteiger partial charge in [0.2, 0.25) is 5.91 Å². The number of anilines is 2. The van der Waals surface area contributed by atoms with Crippen LogP contribution in [0.2, 0.25) is 0 Å². The zero-order valence-electron chi connectivity index (χ0n) is 18.0. The van der Waals surface area contributed by atoms with Crippen molar-refractivity contribution in [3.05, 3.63) is 40.7 Å². The van der Waals surface area contributed by atoms with Gasteiger partial charge in [0.25, 0.3) is 11.8 Å². The number of benzene rings is 1. The third-order valence-electron chi connectivity index (χ3n) is 5.63. The maximum atomic E-state index is 13.6. The minimum Gasteiger partial charge on any atom is -0.395 e. The van der Waals surface area contributed by atoms with Crippen molar-refractivity contribution < 1.29 is 18.8 Å². The number of carbonyl (C=O) groups excluding carboxylic acids is 3. The van der Waals surface area contributed by atoms with E-state index in [0.29, 0.717) is 18.5 Å².